The number of phenolic OH excluding ortho intramolecular Hbond substituents is 1. The first-order valence-electron chi connectivity index (χ1n) is 10.9. The van der Waals surface area contributed by atoms with Gasteiger partial charge in [0.25, 0.3) is 0 Å². The summed E-state index contributed by atoms with van der Waals surface area (Å²) in [6.45, 7) is 8.27. The number of hydrogen-bond donors (Lipinski definition) is 3. The molecule has 4 rings (SSSR count). The molecule has 5 nitrogen and oxygen atoms in total. The summed E-state index contributed by atoms with van der Waals surface area (Å²) in [5.41, 5.74) is 3.09. The summed E-state index contributed by atoms with van der Waals surface area (Å²) in [4.78, 5) is 6.83. The van der Waals surface area contributed by atoms with Crippen molar-refractivity contribution in [1.29, 1.82) is 0 Å². The smallest absolute Gasteiger partial charge is 0.127 e. The number of phenols is 1. The van der Waals surface area contributed by atoms with Gasteiger partial charge < -0.3 is 15.3 Å². The number of piperidine rings is 1. The lowest BCUT2D eigenvalue weighted by Gasteiger charge is -2.43. The van der Waals surface area contributed by atoms with E-state index in [-0.39, 0.29) is 17.5 Å². The average molecular weight is 439 g/mol. The molecule has 31 heavy (non-hydrogen) atoms. The summed E-state index contributed by atoms with van der Waals surface area (Å²) in [7, 11) is 0. The minimum Gasteiger partial charge on any atom is -0.507 e. The minimum atomic E-state index is 0.0647. The largest absolute Gasteiger partial charge is 0.507 e. The molecule has 0 bridgehead atoms. The molecule has 0 saturated carbocycles. The second kappa shape index (κ2) is 9.03. The normalized spacial score (nSPS) is 19.7. The Bertz CT molecular complexity index is 1030. The van der Waals surface area contributed by atoms with Crippen LogP contribution in [0.25, 0.3) is 10.9 Å². The Morgan fingerprint density at radius 3 is 2.65 bits per heavy atom. The molecule has 0 spiro atoms. The number of hydrogen-bond acceptors (Lipinski definition) is 5. The molecular weight excluding hydrogens is 408 g/mol. The molecule has 1 aliphatic rings. The summed E-state index contributed by atoms with van der Waals surface area (Å²) in [5, 5.41) is 19.7. The maximum absolute atomic E-state index is 10.6. The molecule has 1 aromatic heterocycles. The third-order valence-electron chi connectivity index (χ3n) is 5.73. The number of aromatic hydroxyl groups is 1. The van der Waals surface area contributed by atoms with Crippen LogP contribution in [-0.4, -0.2) is 34.4 Å². The van der Waals surface area contributed by atoms with Gasteiger partial charge in [-0.15, -0.1) is 0 Å². The van der Waals surface area contributed by atoms with E-state index >= 15 is 0 Å². The molecular formula is C25H31ClN4O. The van der Waals surface area contributed by atoms with Crippen molar-refractivity contribution in [2.24, 2.45) is 0 Å². The molecule has 2 heterocycles. The third-order valence-corrected chi connectivity index (χ3v) is 5.98. The van der Waals surface area contributed by atoms with Gasteiger partial charge in [-0.25, -0.2) is 0 Å². The minimum absolute atomic E-state index is 0.0647. The van der Waals surface area contributed by atoms with Crippen molar-refractivity contribution in [3.63, 3.8) is 0 Å². The van der Waals surface area contributed by atoms with Crippen molar-refractivity contribution in [2.75, 3.05) is 11.4 Å². The lowest BCUT2D eigenvalue weighted by molar-refractivity contribution is 0.269. The van der Waals surface area contributed by atoms with Gasteiger partial charge in [-0.2, -0.15) is 0 Å². The van der Waals surface area contributed by atoms with E-state index in [2.05, 4.69) is 53.4 Å². The van der Waals surface area contributed by atoms with Gasteiger partial charge in [0.15, 0.2) is 0 Å². The fraction of sp³-hybridized carbons (Fsp3) is 0.400. The Kier molecular flexibility index (Phi) is 6.37. The van der Waals surface area contributed by atoms with Crippen LogP contribution >= 0.6 is 11.6 Å². The van der Waals surface area contributed by atoms with Gasteiger partial charge in [-0.05, 0) is 69.5 Å². The third kappa shape index (κ3) is 5.29. The number of nitrogens with one attached hydrogen (secondary N) is 2. The van der Waals surface area contributed by atoms with Crippen LogP contribution in [0, 0.1) is 0 Å². The van der Waals surface area contributed by atoms with Crippen molar-refractivity contribution in [3.8, 4) is 5.75 Å². The summed E-state index contributed by atoms with van der Waals surface area (Å²) in [5.74, 6) is 0.270. The van der Waals surface area contributed by atoms with Gasteiger partial charge in [-0.3, -0.25) is 10.3 Å². The van der Waals surface area contributed by atoms with Crippen LogP contribution in [0.2, 0.25) is 5.02 Å². The van der Waals surface area contributed by atoms with Crippen LogP contribution < -0.4 is 15.5 Å². The highest BCUT2D eigenvalue weighted by molar-refractivity contribution is 6.30. The number of halogens is 1. The zero-order valence-corrected chi connectivity index (χ0v) is 19.2. The molecule has 2 aromatic carbocycles. The van der Waals surface area contributed by atoms with Gasteiger partial charge in [0.2, 0.25) is 0 Å². The van der Waals surface area contributed by atoms with Crippen LogP contribution in [-0.2, 0) is 6.54 Å². The van der Waals surface area contributed by atoms with E-state index in [0.717, 1.165) is 47.5 Å². The Labute approximate surface area is 189 Å². The van der Waals surface area contributed by atoms with Crippen molar-refractivity contribution < 1.29 is 5.11 Å². The van der Waals surface area contributed by atoms with Crippen LogP contribution in [0.1, 0.15) is 39.2 Å². The van der Waals surface area contributed by atoms with Gasteiger partial charge in [0, 0.05) is 35.9 Å². The Balaban J connectivity index is 1.62. The fourth-order valence-electron chi connectivity index (χ4n) is 4.44. The predicted molar refractivity (Wildman–Crippen MR) is 129 cm³/mol. The van der Waals surface area contributed by atoms with E-state index in [1.165, 1.54) is 5.56 Å². The van der Waals surface area contributed by atoms with Gasteiger partial charge in [0.05, 0.1) is 22.8 Å². The number of nitrogens with zero attached hydrogens (tertiary/aromatic N) is 2. The number of anilines is 1. The highest BCUT2D eigenvalue weighted by Crippen LogP contribution is 2.35. The maximum Gasteiger partial charge on any atom is 0.127 e. The summed E-state index contributed by atoms with van der Waals surface area (Å²) in [6, 6.07) is 15.9. The summed E-state index contributed by atoms with van der Waals surface area (Å²) < 4.78 is 0. The predicted octanol–water partition coefficient (Wildman–Crippen LogP) is 5.07. The van der Waals surface area contributed by atoms with E-state index in [4.69, 9.17) is 11.6 Å². The number of benzene rings is 2. The van der Waals surface area contributed by atoms with Crippen molar-refractivity contribution in [2.45, 2.75) is 57.9 Å². The first-order valence-corrected chi connectivity index (χ1v) is 11.3. The molecule has 0 aliphatic carbocycles. The number of aromatic nitrogens is 1. The lowest BCUT2D eigenvalue weighted by atomic mass is 9.96. The first kappa shape index (κ1) is 21.9. The molecule has 3 N–H and O–H groups in total. The molecule has 2 unspecified atom stereocenters. The second-order valence-corrected chi connectivity index (χ2v) is 9.77. The fourth-order valence-corrected chi connectivity index (χ4v) is 4.56. The number of rotatable bonds is 5. The summed E-state index contributed by atoms with van der Waals surface area (Å²) >= 11 is 6.05. The highest BCUT2D eigenvalue weighted by atomic mass is 35.5. The van der Waals surface area contributed by atoms with E-state index in [1.54, 1.807) is 6.07 Å². The second-order valence-electron chi connectivity index (χ2n) is 9.33. The van der Waals surface area contributed by atoms with Crippen LogP contribution in [0.3, 0.4) is 0 Å². The van der Waals surface area contributed by atoms with Crippen molar-refractivity contribution in [3.05, 3.63) is 65.3 Å². The monoisotopic (exact) mass is 438 g/mol. The molecule has 2 atom stereocenters. The van der Waals surface area contributed by atoms with Crippen LogP contribution in [0.5, 0.6) is 5.75 Å². The molecule has 3 aromatic rings. The Hall–Kier alpha value is -2.34. The topological polar surface area (TPSA) is 60.4 Å². The Morgan fingerprint density at radius 1 is 1.13 bits per heavy atom. The lowest BCUT2D eigenvalue weighted by Crippen LogP contribution is -2.57. The number of pyridine rings is 1. The molecule has 1 aliphatic heterocycles. The zero-order chi connectivity index (χ0) is 22.0. The first-order chi connectivity index (χ1) is 14.8. The summed E-state index contributed by atoms with van der Waals surface area (Å²) in [6.07, 6.45) is 3.94. The van der Waals surface area contributed by atoms with Crippen LogP contribution in [0.4, 0.5) is 5.69 Å². The Morgan fingerprint density at radius 2 is 1.90 bits per heavy atom. The average Bonchev–Trinajstić information content (AvgIpc) is 2.72. The molecule has 0 amide bonds. The maximum atomic E-state index is 10.6. The molecule has 164 valence electrons. The SMILES string of the molecule is CC(C)(C)NC1CCN(c2ccnc3cccc(O)c23)C(NCc2ccc(Cl)cc2)C1. The van der Waals surface area contributed by atoms with Gasteiger partial charge >= 0.3 is 0 Å². The molecule has 1 saturated heterocycles. The zero-order valence-electron chi connectivity index (χ0n) is 18.4. The highest BCUT2D eigenvalue weighted by Gasteiger charge is 2.31. The van der Waals surface area contributed by atoms with Crippen molar-refractivity contribution in [1.82, 2.24) is 15.6 Å². The van der Waals surface area contributed by atoms with E-state index in [9.17, 15) is 5.11 Å². The van der Waals surface area contributed by atoms with Crippen LogP contribution in [0.15, 0.2) is 54.7 Å². The van der Waals surface area contributed by atoms with Crippen molar-refractivity contribution >= 4 is 28.2 Å². The standard InChI is InChI=1S/C25H31ClN4O/c1-25(2,3)29-19-12-14-30(21-11-13-27-20-5-4-6-22(31)24(20)21)23(15-19)28-16-17-7-9-18(26)10-8-17/h4-11,13,19,23,28-29,31H,12,14-16H2,1-3H3. The van der Waals surface area contributed by atoms with Gasteiger partial charge in [0.1, 0.15) is 5.75 Å². The number of fused-ring (bicyclic) bond motifs is 1. The quantitative estimate of drug-likeness (QED) is 0.519. The molecule has 1 fully saturated rings. The van der Waals surface area contributed by atoms with E-state index in [0.29, 0.717) is 6.04 Å². The van der Waals surface area contributed by atoms with Gasteiger partial charge in [-0.1, -0.05) is 29.8 Å². The van der Waals surface area contributed by atoms with E-state index in [1.807, 2.05) is 36.5 Å². The molecule has 0 radical (unpaired) electrons. The molecule has 6 heteroatoms. The van der Waals surface area contributed by atoms with E-state index < -0.39 is 0 Å².